The first-order chi connectivity index (χ1) is 7.72. The number of aromatic hydroxyl groups is 1. The molecule has 1 aromatic carbocycles. The van der Waals surface area contributed by atoms with E-state index in [-0.39, 0.29) is 11.5 Å². The van der Waals surface area contributed by atoms with E-state index in [0.29, 0.717) is 12.0 Å². The van der Waals surface area contributed by atoms with Crippen molar-refractivity contribution < 1.29 is 10.2 Å². The third kappa shape index (κ3) is 1.87. The van der Waals surface area contributed by atoms with Crippen LogP contribution in [0.3, 0.4) is 0 Å². The smallest absolute Gasteiger partial charge is 0.123 e. The summed E-state index contributed by atoms with van der Waals surface area (Å²) in [6, 6.07) is 7.06. The molecule has 16 heavy (non-hydrogen) atoms. The Morgan fingerprint density at radius 2 is 1.88 bits per heavy atom. The van der Waals surface area contributed by atoms with Crippen LogP contribution in [0.15, 0.2) is 53.8 Å². The monoisotopic (exact) mass is 214 g/mol. The molecule has 0 saturated heterocycles. The molecule has 0 atom stereocenters. The summed E-state index contributed by atoms with van der Waals surface area (Å²) in [6.45, 7) is 1.96. The van der Waals surface area contributed by atoms with Crippen LogP contribution in [-0.2, 0) is 0 Å². The molecule has 0 bridgehead atoms. The van der Waals surface area contributed by atoms with E-state index in [2.05, 4.69) is 0 Å². The third-order valence-electron chi connectivity index (χ3n) is 2.75. The van der Waals surface area contributed by atoms with Gasteiger partial charge in [0.15, 0.2) is 0 Å². The topological polar surface area (TPSA) is 40.5 Å². The molecule has 1 aliphatic rings. The standard InChI is InChI=1S/C14H14O2/c1-2-10-7-8-14(16)12(9-10)11-5-3-4-6-13(11)15/h2-8,15-16H,9H2,1H3. The third-order valence-corrected chi connectivity index (χ3v) is 2.75. The van der Waals surface area contributed by atoms with Gasteiger partial charge in [0.05, 0.1) is 0 Å². The number of phenolic OH excluding ortho intramolecular Hbond substituents is 1. The highest BCUT2D eigenvalue weighted by Gasteiger charge is 2.14. The molecule has 2 N–H and O–H groups in total. The molecule has 0 spiro atoms. The van der Waals surface area contributed by atoms with Gasteiger partial charge < -0.3 is 10.2 Å². The lowest BCUT2D eigenvalue weighted by atomic mass is 9.92. The summed E-state index contributed by atoms with van der Waals surface area (Å²) in [5.41, 5.74) is 2.61. The van der Waals surface area contributed by atoms with E-state index in [1.54, 1.807) is 18.2 Å². The Hall–Kier alpha value is -1.96. The summed E-state index contributed by atoms with van der Waals surface area (Å²) in [5, 5.41) is 19.6. The molecule has 2 nitrogen and oxygen atoms in total. The zero-order chi connectivity index (χ0) is 11.5. The van der Waals surface area contributed by atoms with Gasteiger partial charge in [-0.1, -0.05) is 30.4 Å². The number of allylic oxidation sites excluding steroid dienone is 5. The molecule has 2 heteroatoms. The van der Waals surface area contributed by atoms with Gasteiger partial charge in [-0.25, -0.2) is 0 Å². The number of para-hydroxylation sites is 1. The zero-order valence-electron chi connectivity index (χ0n) is 9.14. The zero-order valence-corrected chi connectivity index (χ0v) is 9.14. The average Bonchev–Trinajstić information content (AvgIpc) is 2.31. The maximum absolute atomic E-state index is 9.81. The van der Waals surface area contributed by atoms with Gasteiger partial charge >= 0.3 is 0 Å². The Bertz CT molecular complexity index is 493. The number of aliphatic hydroxyl groups excluding tert-OH is 1. The molecule has 0 aliphatic heterocycles. The highest BCUT2D eigenvalue weighted by Crippen LogP contribution is 2.34. The molecule has 0 amide bonds. The van der Waals surface area contributed by atoms with Crippen molar-refractivity contribution in [1.29, 1.82) is 0 Å². The summed E-state index contributed by atoms with van der Waals surface area (Å²) in [5.74, 6) is 0.432. The van der Waals surface area contributed by atoms with Crippen LogP contribution in [0.1, 0.15) is 18.9 Å². The molecule has 0 unspecified atom stereocenters. The first kappa shape index (κ1) is 10.6. The van der Waals surface area contributed by atoms with Crippen molar-refractivity contribution >= 4 is 5.57 Å². The maximum Gasteiger partial charge on any atom is 0.123 e. The molecule has 1 aliphatic carbocycles. The Balaban J connectivity index is 2.48. The van der Waals surface area contributed by atoms with E-state index in [9.17, 15) is 10.2 Å². The summed E-state index contributed by atoms with van der Waals surface area (Å²) in [4.78, 5) is 0. The summed E-state index contributed by atoms with van der Waals surface area (Å²) in [6.07, 6.45) is 6.21. The number of aliphatic hydroxyl groups is 1. The van der Waals surface area contributed by atoms with Gasteiger partial charge in [-0.05, 0) is 24.6 Å². The second-order valence-corrected chi connectivity index (χ2v) is 3.75. The predicted octanol–water partition coefficient (Wildman–Crippen LogP) is 3.57. The van der Waals surface area contributed by atoms with Gasteiger partial charge in [0.25, 0.3) is 0 Å². The summed E-state index contributed by atoms with van der Waals surface area (Å²) >= 11 is 0. The van der Waals surface area contributed by atoms with Gasteiger partial charge in [-0.3, -0.25) is 0 Å². The molecule has 0 heterocycles. The van der Waals surface area contributed by atoms with E-state index in [1.165, 1.54) is 0 Å². The van der Waals surface area contributed by atoms with Crippen LogP contribution >= 0.6 is 0 Å². The largest absolute Gasteiger partial charge is 0.508 e. The quantitative estimate of drug-likeness (QED) is 0.750. The van der Waals surface area contributed by atoms with E-state index in [1.807, 2.05) is 31.2 Å². The Morgan fingerprint density at radius 3 is 2.56 bits per heavy atom. The van der Waals surface area contributed by atoms with Crippen molar-refractivity contribution in [2.45, 2.75) is 13.3 Å². The van der Waals surface area contributed by atoms with Gasteiger partial charge in [0, 0.05) is 17.6 Å². The molecular weight excluding hydrogens is 200 g/mol. The molecule has 0 saturated carbocycles. The first-order valence-electron chi connectivity index (χ1n) is 5.26. The van der Waals surface area contributed by atoms with Crippen LogP contribution < -0.4 is 0 Å². The van der Waals surface area contributed by atoms with E-state index < -0.39 is 0 Å². The number of rotatable bonds is 1. The van der Waals surface area contributed by atoms with Gasteiger partial charge in [0.2, 0.25) is 0 Å². The first-order valence-corrected chi connectivity index (χ1v) is 5.26. The van der Waals surface area contributed by atoms with Crippen molar-refractivity contribution in [2.75, 3.05) is 0 Å². The second-order valence-electron chi connectivity index (χ2n) is 3.75. The van der Waals surface area contributed by atoms with Crippen LogP contribution in [0.4, 0.5) is 0 Å². The minimum atomic E-state index is 0.204. The number of hydrogen-bond acceptors (Lipinski definition) is 2. The molecule has 2 rings (SSSR count). The minimum Gasteiger partial charge on any atom is -0.508 e. The van der Waals surface area contributed by atoms with Crippen molar-refractivity contribution in [1.82, 2.24) is 0 Å². The van der Waals surface area contributed by atoms with E-state index in [4.69, 9.17) is 0 Å². The number of benzene rings is 1. The average molecular weight is 214 g/mol. The Morgan fingerprint density at radius 1 is 1.12 bits per heavy atom. The lowest BCUT2D eigenvalue weighted by molar-refractivity contribution is 0.431. The minimum absolute atomic E-state index is 0.204. The van der Waals surface area contributed by atoms with Crippen molar-refractivity contribution in [2.24, 2.45) is 0 Å². The lowest BCUT2D eigenvalue weighted by Gasteiger charge is -2.15. The van der Waals surface area contributed by atoms with Gasteiger partial charge in [-0.2, -0.15) is 0 Å². The molecule has 0 aromatic heterocycles. The van der Waals surface area contributed by atoms with Crippen LogP contribution in [0.25, 0.3) is 5.57 Å². The fourth-order valence-electron chi connectivity index (χ4n) is 1.80. The highest BCUT2D eigenvalue weighted by atomic mass is 16.3. The van der Waals surface area contributed by atoms with Crippen LogP contribution in [0, 0.1) is 0 Å². The van der Waals surface area contributed by atoms with Crippen molar-refractivity contribution in [3.63, 3.8) is 0 Å². The fraction of sp³-hybridized carbons (Fsp3) is 0.143. The molecule has 1 aromatic rings. The number of phenols is 1. The van der Waals surface area contributed by atoms with Crippen molar-refractivity contribution in [3.05, 3.63) is 59.4 Å². The van der Waals surface area contributed by atoms with Crippen molar-refractivity contribution in [3.8, 4) is 5.75 Å². The lowest BCUT2D eigenvalue weighted by Crippen LogP contribution is -1.97. The molecule has 82 valence electrons. The normalized spacial score (nSPS) is 18.2. The van der Waals surface area contributed by atoms with E-state index >= 15 is 0 Å². The van der Waals surface area contributed by atoms with Gasteiger partial charge in [-0.15, -0.1) is 0 Å². The number of hydrogen-bond donors (Lipinski definition) is 2. The fourth-order valence-corrected chi connectivity index (χ4v) is 1.80. The van der Waals surface area contributed by atoms with Crippen LogP contribution in [-0.4, -0.2) is 10.2 Å². The highest BCUT2D eigenvalue weighted by molar-refractivity contribution is 5.76. The second kappa shape index (κ2) is 4.27. The van der Waals surface area contributed by atoms with E-state index in [0.717, 1.165) is 11.1 Å². The predicted molar refractivity (Wildman–Crippen MR) is 65.2 cm³/mol. The van der Waals surface area contributed by atoms with Crippen LogP contribution in [0.2, 0.25) is 0 Å². The summed E-state index contributed by atoms with van der Waals surface area (Å²) in [7, 11) is 0. The summed E-state index contributed by atoms with van der Waals surface area (Å²) < 4.78 is 0. The van der Waals surface area contributed by atoms with Gasteiger partial charge in [0.1, 0.15) is 11.5 Å². The Kier molecular flexibility index (Phi) is 2.82. The molecular formula is C14H14O2. The van der Waals surface area contributed by atoms with Crippen LogP contribution in [0.5, 0.6) is 5.75 Å². The molecule has 0 radical (unpaired) electrons. The maximum atomic E-state index is 9.81. The SMILES string of the molecule is CC=C1C=CC(O)=C(c2ccccc2O)C1. The Labute approximate surface area is 94.9 Å². The molecule has 0 fully saturated rings.